The van der Waals surface area contributed by atoms with Gasteiger partial charge in [0.2, 0.25) is 5.91 Å². The summed E-state index contributed by atoms with van der Waals surface area (Å²) in [6.07, 6.45) is 12.5. The Kier molecular flexibility index (Phi) is 14.1. The lowest BCUT2D eigenvalue weighted by Gasteiger charge is -2.24. The van der Waals surface area contributed by atoms with Gasteiger partial charge in [0.1, 0.15) is 0 Å². The Morgan fingerprint density at radius 1 is 1.25 bits per heavy atom. The van der Waals surface area contributed by atoms with Crippen molar-refractivity contribution in [1.29, 1.82) is 0 Å². The van der Waals surface area contributed by atoms with Crippen molar-refractivity contribution in [1.82, 2.24) is 15.5 Å². The zero-order valence-corrected chi connectivity index (χ0v) is 17.7. The lowest BCUT2D eigenvalue weighted by Crippen LogP contribution is -2.46. The zero-order chi connectivity index (χ0) is 16.9. The number of unbranched alkanes of at least 4 members (excludes halogenated alkanes) is 3. The summed E-state index contributed by atoms with van der Waals surface area (Å²) in [5.74, 6) is 0.852. The smallest absolute Gasteiger partial charge is 0.239 e. The minimum absolute atomic E-state index is 0. The van der Waals surface area contributed by atoms with Crippen molar-refractivity contribution < 1.29 is 4.79 Å². The Bertz CT molecular complexity index is 381. The first-order valence-electron chi connectivity index (χ1n) is 8.99. The highest BCUT2D eigenvalue weighted by atomic mass is 127. The topological polar surface area (TPSA) is 56.7 Å². The van der Waals surface area contributed by atoms with Crippen LogP contribution in [0.5, 0.6) is 0 Å². The summed E-state index contributed by atoms with van der Waals surface area (Å²) >= 11 is 0. The van der Waals surface area contributed by atoms with E-state index in [0.717, 1.165) is 38.2 Å². The molecule has 0 aromatic rings. The number of nitrogens with zero attached hydrogens (tertiary/aromatic N) is 2. The molecule has 1 fully saturated rings. The van der Waals surface area contributed by atoms with Crippen LogP contribution in [-0.2, 0) is 4.79 Å². The molecule has 0 radical (unpaired) electrons. The number of nitrogens with one attached hydrogen (secondary N) is 2. The number of hydrogen-bond acceptors (Lipinski definition) is 2. The second-order valence-corrected chi connectivity index (χ2v) is 6.36. The van der Waals surface area contributed by atoms with E-state index in [-0.39, 0.29) is 29.9 Å². The SMILES string of the molecule is C=CCCCCCN(C)C(=NC)NCC(=O)NC1CCCCC1.I. The van der Waals surface area contributed by atoms with Crippen LogP contribution in [0, 0.1) is 0 Å². The van der Waals surface area contributed by atoms with Crippen LogP contribution in [0.1, 0.15) is 57.8 Å². The molecule has 5 nitrogen and oxygen atoms in total. The average molecular weight is 450 g/mol. The van der Waals surface area contributed by atoms with Crippen molar-refractivity contribution in [3.05, 3.63) is 12.7 Å². The van der Waals surface area contributed by atoms with E-state index in [1.807, 2.05) is 13.1 Å². The summed E-state index contributed by atoms with van der Waals surface area (Å²) in [5, 5.41) is 6.28. The van der Waals surface area contributed by atoms with Crippen LogP contribution in [0.4, 0.5) is 0 Å². The number of carbonyl (C=O) groups is 1. The monoisotopic (exact) mass is 450 g/mol. The molecule has 0 aromatic heterocycles. The molecular weight excluding hydrogens is 415 g/mol. The normalized spacial score (nSPS) is 15.3. The highest BCUT2D eigenvalue weighted by Gasteiger charge is 2.16. The molecule has 1 aliphatic carbocycles. The number of halogens is 1. The molecule has 1 rings (SSSR count). The van der Waals surface area contributed by atoms with Crippen LogP contribution in [0.25, 0.3) is 0 Å². The Balaban J connectivity index is 0.00000529. The Morgan fingerprint density at radius 2 is 1.96 bits per heavy atom. The standard InChI is InChI=1S/C18H34N4O.HI/c1-4-5-6-7-11-14-22(3)18(19-2)20-15-17(23)21-16-12-9-8-10-13-16;/h4,16H,1,5-15H2,2-3H3,(H,19,20)(H,21,23);1H. The van der Waals surface area contributed by atoms with Crippen LogP contribution in [0.2, 0.25) is 0 Å². The lowest BCUT2D eigenvalue weighted by molar-refractivity contribution is -0.120. The molecule has 0 aliphatic heterocycles. The van der Waals surface area contributed by atoms with E-state index in [9.17, 15) is 4.79 Å². The summed E-state index contributed by atoms with van der Waals surface area (Å²) in [6, 6.07) is 0.364. The molecule has 0 aromatic carbocycles. The number of guanidine groups is 1. The summed E-state index contributed by atoms with van der Waals surface area (Å²) < 4.78 is 0. The molecule has 0 saturated heterocycles. The largest absolute Gasteiger partial charge is 0.352 e. The molecule has 140 valence electrons. The second-order valence-electron chi connectivity index (χ2n) is 6.36. The molecule has 6 heteroatoms. The van der Waals surface area contributed by atoms with E-state index >= 15 is 0 Å². The van der Waals surface area contributed by atoms with E-state index in [0.29, 0.717) is 12.6 Å². The van der Waals surface area contributed by atoms with Gasteiger partial charge < -0.3 is 15.5 Å². The van der Waals surface area contributed by atoms with Crippen molar-refractivity contribution in [3.8, 4) is 0 Å². The first-order valence-corrected chi connectivity index (χ1v) is 8.99. The highest BCUT2D eigenvalue weighted by Crippen LogP contribution is 2.17. The van der Waals surface area contributed by atoms with Gasteiger partial charge in [-0.3, -0.25) is 9.79 Å². The molecule has 0 bridgehead atoms. The number of aliphatic imine (C=N–C) groups is 1. The van der Waals surface area contributed by atoms with Gasteiger partial charge in [-0.25, -0.2) is 0 Å². The Morgan fingerprint density at radius 3 is 2.58 bits per heavy atom. The van der Waals surface area contributed by atoms with Crippen LogP contribution >= 0.6 is 24.0 Å². The maximum atomic E-state index is 12.0. The Labute approximate surface area is 164 Å². The maximum Gasteiger partial charge on any atom is 0.239 e. The van der Waals surface area contributed by atoms with Crippen molar-refractivity contribution in [2.24, 2.45) is 4.99 Å². The third-order valence-electron chi connectivity index (χ3n) is 4.35. The maximum absolute atomic E-state index is 12.0. The van der Waals surface area contributed by atoms with Gasteiger partial charge in [0.15, 0.2) is 5.96 Å². The first kappa shape index (κ1) is 23.2. The molecular formula is C18H35IN4O. The predicted molar refractivity (Wildman–Crippen MR) is 113 cm³/mol. The molecule has 0 spiro atoms. The molecule has 0 unspecified atom stereocenters. The van der Waals surface area contributed by atoms with E-state index in [4.69, 9.17) is 0 Å². The second kappa shape index (κ2) is 14.5. The van der Waals surface area contributed by atoms with Crippen LogP contribution < -0.4 is 10.6 Å². The molecule has 1 aliphatic rings. The third kappa shape index (κ3) is 10.2. The molecule has 0 atom stereocenters. The van der Waals surface area contributed by atoms with Gasteiger partial charge in [-0.1, -0.05) is 31.8 Å². The number of amides is 1. The van der Waals surface area contributed by atoms with Gasteiger partial charge in [-0.2, -0.15) is 0 Å². The minimum Gasteiger partial charge on any atom is -0.352 e. The van der Waals surface area contributed by atoms with E-state index < -0.39 is 0 Å². The van der Waals surface area contributed by atoms with Crippen molar-refractivity contribution in [3.63, 3.8) is 0 Å². The van der Waals surface area contributed by atoms with Gasteiger partial charge in [-0.05, 0) is 32.1 Å². The first-order chi connectivity index (χ1) is 11.2. The van der Waals surface area contributed by atoms with Crippen molar-refractivity contribution in [2.75, 3.05) is 27.2 Å². The van der Waals surface area contributed by atoms with E-state index in [1.165, 1.54) is 32.1 Å². The van der Waals surface area contributed by atoms with Crippen molar-refractivity contribution >= 4 is 35.8 Å². The molecule has 0 heterocycles. The summed E-state index contributed by atoms with van der Waals surface area (Å²) in [4.78, 5) is 18.4. The van der Waals surface area contributed by atoms with Gasteiger partial charge >= 0.3 is 0 Å². The average Bonchev–Trinajstić information content (AvgIpc) is 2.56. The predicted octanol–water partition coefficient (Wildman–Crippen LogP) is 3.31. The van der Waals surface area contributed by atoms with E-state index in [2.05, 4.69) is 27.1 Å². The quantitative estimate of drug-likeness (QED) is 0.186. The number of rotatable bonds is 9. The van der Waals surface area contributed by atoms with E-state index in [1.54, 1.807) is 7.05 Å². The van der Waals surface area contributed by atoms with Gasteiger partial charge in [-0.15, -0.1) is 30.6 Å². The number of hydrogen-bond donors (Lipinski definition) is 2. The molecule has 1 amide bonds. The van der Waals surface area contributed by atoms with Crippen LogP contribution in [0.15, 0.2) is 17.6 Å². The molecule has 24 heavy (non-hydrogen) atoms. The van der Waals surface area contributed by atoms with Crippen LogP contribution in [-0.4, -0.2) is 50.0 Å². The van der Waals surface area contributed by atoms with Gasteiger partial charge in [0.05, 0.1) is 6.54 Å². The summed E-state index contributed by atoms with van der Waals surface area (Å²) in [7, 11) is 3.78. The zero-order valence-electron chi connectivity index (χ0n) is 15.4. The molecule has 1 saturated carbocycles. The fraction of sp³-hybridized carbons (Fsp3) is 0.778. The fourth-order valence-corrected chi connectivity index (χ4v) is 2.99. The summed E-state index contributed by atoms with van der Waals surface area (Å²) in [6.45, 7) is 4.98. The summed E-state index contributed by atoms with van der Waals surface area (Å²) in [5.41, 5.74) is 0. The Hall–Kier alpha value is -0.790. The lowest BCUT2D eigenvalue weighted by atomic mass is 9.95. The highest BCUT2D eigenvalue weighted by molar-refractivity contribution is 14.0. The fourth-order valence-electron chi connectivity index (χ4n) is 2.99. The minimum atomic E-state index is 0. The van der Waals surface area contributed by atoms with Crippen LogP contribution in [0.3, 0.4) is 0 Å². The third-order valence-corrected chi connectivity index (χ3v) is 4.35. The number of carbonyl (C=O) groups excluding carboxylic acids is 1. The molecule has 2 N–H and O–H groups in total. The number of allylic oxidation sites excluding steroid dienone is 1. The van der Waals surface area contributed by atoms with Gasteiger partial charge in [0.25, 0.3) is 0 Å². The van der Waals surface area contributed by atoms with Crippen molar-refractivity contribution in [2.45, 2.75) is 63.8 Å². The van der Waals surface area contributed by atoms with Gasteiger partial charge in [0, 0.05) is 26.7 Å².